The Bertz CT molecular complexity index is 461. The molecular weight excluding hydrogens is 247 g/mol. The molecule has 1 saturated heterocycles. The lowest BCUT2D eigenvalue weighted by Gasteiger charge is -2.26. The van der Waals surface area contributed by atoms with Crippen molar-refractivity contribution in [3.8, 4) is 0 Å². The maximum absolute atomic E-state index is 12.8. The summed E-state index contributed by atoms with van der Waals surface area (Å²) in [5.41, 5.74) is 1.79. The number of carbonyl (C=O) groups is 1. The molecule has 0 aliphatic carbocycles. The molecule has 0 unspecified atom stereocenters. The van der Waals surface area contributed by atoms with Crippen molar-refractivity contribution in [3.63, 3.8) is 0 Å². The fraction of sp³-hybridized carbons (Fsp3) is 0.429. The van der Waals surface area contributed by atoms with Gasteiger partial charge in [-0.15, -0.1) is 0 Å². The first kappa shape index (κ1) is 13.5. The van der Waals surface area contributed by atoms with Crippen LogP contribution in [0, 0.1) is 5.82 Å². The molecule has 5 heteroatoms. The molecule has 4 nitrogen and oxygen atoms in total. The number of nitrogens with zero attached hydrogens (tertiary/aromatic N) is 2. The van der Waals surface area contributed by atoms with Crippen molar-refractivity contribution in [2.45, 2.75) is 19.8 Å². The smallest absolute Gasteiger partial charge is 0.409 e. The summed E-state index contributed by atoms with van der Waals surface area (Å²) in [7, 11) is 0. The minimum absolute atomic E-state index is 0.261. The zero-order valence-corrected chi connectivity index (χ0v) is 10.9. The highest BCUT2D eigenvalue weighted by molar-refractivity contribution is 5.88. The van der Waals surface area contributed by atoms with Crippen molar-refractivity contribution in [2.24, 2.45) is 4.99 Å². The second kappa shape index (κ2) is 6.31. The van der Waals surface area contributed by atoms with Crippen LogP contribution in [0.15, 0.2) is 29.3 Å². The maximum atomic E-state index is 12.8. The van der Waals surface area contributed by atoms with Gasteiger partial charge in [0.25, 0.3) is 0 Å². The van der Waals surface area contributed by atoms with E-state index in [0.717, 1.165) is 24.2 Å². The van der Waals surface area contributed by atoms with Crippen molar-refractivity contribution >= 4 is 17.5 Å². The van der Waals surface area contributed by atoms with Gasteiger partial charge in [0.1, 0.15) is 5.82 Å². The number of hydrogen-bond acceptors (Lipinski definition) is 3. The van der Waals surface area contributed by atoms with E-state index in [-0.39, 0.29) is 11.9 Å². The number of piperidine rings is 1. The van der Waals surface area contributed by atoms with Gasteiger partial charge in [-0.25, -0.2) is 9.18 Å². The highest BCUT2D eigenvalue weighted by Gasteiger charge is 2.20. The standard InChI is InChI=1S/C14H17FN2O2/c1-2-19-14(18)17-9-7-13(8-10-17)16-12-5-3-11(15)4-6-12/h3-6H,2,7-10H2,1H3. The van der Waals surface area contributed by atoms with Gasteiger partial charge in [0.15, 0.2) is 0 Å². The zero-order chi connectivity index (χ0) is 13.7. The average Bonchev–Trinajstić information content (AvgIpc) is 2.42. The summed E-state index contributed by atoms with van der Waals surface area (Å²) in [4.78, 5) is 17.7. The van der Waals surface area contributed by atoms with Crippen molar-refractivity contribution < 1.29 is 13.9 Å². The average molecular weight is 264 g/mol. The third kappa shape index (κ3) is 3.77. The Kier molecular flexibility index (Phi) is 4.49. The van der Waals surface area contributed by atoms with E-state index in [1.54, 1.807) is 24.0 Å². The van der Waals surface area contributed by atoms with Gasteiger partial charge in [0, 0.05) is 31.6 Å². The molecule has 0 atom stereocenters. The van der Waals surface area contributed by atoms with Gasteiger partial charge in [0.05, 0.1) is 12.3 Å². The predicted molar refractivity (Wildman–Crippen MR) is 71.3 cm³/mol. The van der Waals surface area contributed by atoms with Crippen molar-refractivity contribution in [3.05, 3.63) is 30.1 Å². The first-order valence-electron chi connectivity index (χ1n) is 6.42. The molecule has 0 aromatic heterocycles. The highest BCUT2D eigenvalue weighted by atomic mass is 19.1. The van der Waals surface area contributed by atoms with Crippen LogP contribution in [0.5, 0.6) is 0 Å². The molecule has 1 aromatic rings. The number of carbonyl (C=O) groups excluding carboxylic acids is 1. The lowest BCUT2D eigenvalue weighted by Crippen LogP contribution is -2.38. The molecule has 102 valence electrons. The minimum Gasteiger partial charge on any atom is -0.450 e. The summed E-state index contributed by atoms with van der Waals surface area (Å²) in [6.07, 6.45) is 1.20. The lowest BCUT2D eigenvalue weighted by molar-refractivity contribution is 0.107. The molecule has 0 N–H and O–H groups in total. The van der Waals surface area contributed by atoms with Crippen LogP contribution < -0.4 is 0 Å². The second-order valence-electron chi connectivity index (χ2n) is 4.34. The van der Waals surface area contributed by atoms with E-state index < -0.39 is 0 Å². The van der Waals surface area contributed by atoms with Gasteiger partial charge in [-0.05, 0) is 31.2 Å². The molecule has 0 spiro atoms. The van der Waals surface area contributed by atoms with E-state index in [0.29, 0.717) is 19.7 Å². The van der Waals surface area contributed by atoms with Crippen molar-refractivity contribution in [1.82, 2.24) is 4.90 Å². The van der Waals surface area contributed by atoms with Crippen LogP contribution in [-0.2, 0) is 4.74 Å². The van der Waals surface area contributed by atoms with E-state index in [2.05, 4.69) is 4.99 Å². The number of amides is 1. The highest BCUT2D eigenvalue weighted by Crippen LogP contribution is 2.17. The quantitative estimate of drug-likeness (QED) is 0.823. The number of ether oxygens (including phenoxy) is 1. The Morgan fingerprint density at radius 2 is 1.95 bits per heavy atom. The molecule has 1 aromatic carbocycles. The Labute approximate surface area is 111 Å². The number of aliphatic imine (C=N–C) groups is 1. The molecule has 0 saturated carbocycles. The summed E-state index contributed by atoms with van der Waals surface area (Å²) in [6.45, 7) is 3.44. The topological polar surface area (TPSA) is 41.9 Å². The van der Waals surface area contributed by atoms with Gasteiger partial charge in [0.2, 0.25) is 0 Å². The number of rotatable bonds is 2. The van der Waals surface area contributed by atoms with Crippen LogP contribution >= 0.6 is 0 Å². The summed E-state index contributed by atoms with van der Waals surface area (Å²) in [5, 5.41) is 0. The summed E-state index contributed by atoms with van der Waals surface area (Å²) < 4.78 is 17.7. The van der Waals surface area contributed by atoms with Crippen LogP contribution in [0.3, 0.4) is 0 Å². The van der Waals surface area contributed by atoms with Crippen LogP contribution in [0.25, 0.3) is 0 Å². The van der Waals surface area contributed by atoms with Gasteiger partial charge in [-0.2, -0.15) is 0 Å². The fourth-order valence-electron chi connectivity index (χ4n) is 1.97. The van der Waals surface area contributed by atoms with Gasteiger partial charge in [-0.1, -0.05) is 0 Å². The van der Waals surface area contributed by atoms with Crippen LogP contribution in [0.4, 0.5) is 14.9 Å². The monoisotopic (exact) mass is 264 g/mol. The zero-order valence-electron chi connectivity index (χ0n) is 10.9. The number of hydrogen-bond donors (Lipinski definition) is 0. The minimum atomic E-state index is -0.263. The normalized spacial score (nSPS) is 15.3. The van der Waals surface area contributed by atoms with E-state index in [1.807, 2.05) is 0 Å². The SMILES string of the molecule is CCOC(=O)N1CCC(=Nc2ccc(F)cc2)CC1. The Morgan fingerprint density at radius 1 is 1.32 bits per heavy atom. The molecule has 1 aliphatic heterocycles. The third-order valence-electron chi connectivity index (χ3n) is 2.98. The van der Waals surface area contributed by atoms with E-state index in [4.69, 9.17) is 4.74 Å². The Morgan fingerprint density at radius 3 is 2.53 bits per heavy atom. The molecule has 1 fully saturated rings. The summed E-state index contributed by atoms with van der Waals surface area (Å²) >= 11 is 0. The summed E-state index contributed by atoms with van der Waals surface area (Å²) in [5.74, 6) is -0.263. The first-order valence-corrected chi connectivity index (χ1v) is 6.42. The predicted octanol–water partition coefficient (Wildman–Crippen LogP) is 3.15. The molecule has 0 bridgehead atoms. The van der Waals surface area contributed by atoms with Crippen molar-refractivity contribution in [2.75, 3.05) is 19.7 Å². The van der Waals surface area contributed by atoms with Gasteiger partial charge in [-0.3, -0.25) is 4.99 Å². The van der Waals surface area contributed by atoms with E-state index in [9.17, 15) is 9.18 Å². The van der Waals surface area contributed by atoms with E-state index in [1.165, 1.54) is 12.1 Å². The Balaban J connectivity index is 1.92. The first-order chi connectivity index (χ1) is 9.19. The maximum Gasteiger partial charge on any atom is 0.409 e. The summed E-state index contributed by atoms with van der Waals surface area (Å²) in [6, 6.07) is 6.10. The molecular formula is C14H17FN2O2. The van der Waals surface area contributed by atoms with Crippen LogP contribution in [-0.4, -0.2) is 36.4 Å². The molecule has 2 rings (SSSR count). The van der Waals surface area contributed by atoms with E-state index >= 15 is 0 Å². The van der Waals surface area contributed by atoms with Gasteiger partial charge < -0.3 is 9.64 Å². The van der Waals surface area contributed by atoms with Crippen molar-refractivity contribution in [1.29, 1.82) is 0 Å². The molecule has 0 radical (unpaired) electrons. The molecule has 1 aliphatic rings. The third-order valence-corrected chi connectivity index (χ3v) is 2.98. The largest absolute Gasteiger partial charge is 0.450 e. The number of halogens is 1. The van der Waals surface area contributed by atoms with Crippen LogP contribution in [0.2, 0.25) is 0 Å². The molecule has 1 heterocycles. The lowest BCUT2D eigenvalue weighted by atomic mass is 10.1. The fourth-order valence-corrected chi connectivity index (χ4v) is 1.97. The number of benzene rings is 1. The second-order valence-corrected chi connectivity index (χ2v) is 4.34. The number of likely N-dealkylation sites (tertiary alicyclic amines) is 1. The van der Waals surface area contributed by atoms with Crippen LogP contribution in [0.1, 0.15) is 19.8 Å². The van der Waals surface area contributed by atoms with Gasteiger partial charge >= 0.3 is 6.09 Å². The molecule has 19 heavy (non-hydrogen) atoms. The molecule has 1 amide bonds. The Hall–Kier alpha value is -1.91.